The summed E-state index contributed by atoms with van der Waals surface area (Å²) in [7, 11) is -3.86. The lowest BCUT2D eigenvalue weighted by Crippen LogP contribution is -2.50. The van der Waals surface area contributed by atoms with Crippen LogP contribution in [0.1, 0.15) is 16.7 Å². The largest absolute Gasteiger partial charge is 0.325 e. The van der Waals surface area contributed by atoms with E-state index in [0.717, 1.165) is 16.7 Å². The van der Waals surface area contributed by atoms with Crippen molar-refractivity contribution in [2.75, 3.05) is 5.32 Å². The smallest absolute Gasteiger partial charge is 0.244 e. The van der Waals surface area contributed by atoms with Crippen molar-refractivity contribution in [3.63, 3.8) is 0 Å². The van der Waals surface area contributed by atoms with Gasteiger partial charge in [0.2, 0.25) is 15.9 Å². The van der Waals surface area contributed by atoms with Crippen LogP contribution >= 0.6 is 11.6 Å². The molecule has 154 valence electrons. The van der Waals surface area contributed by atoms with Crippen molar-refractivity contribution in [1.82, 2.24) is 4.31 Å². The van der Waals surface area contributed by atoms with Gasteiger partial charge < -0.3 is 5.32 Å². The number of hydrogen-bond donors (Lipinski definition) is 1. The summed E-state index contributed by atoms with van der Waals surface area (Å²) in [5, 5.41) is 3.39. The molecule has 0 saturated heterocycles. The van der Waals surface area contributed by atoms with Crippen molar-refractivity contribution < 1.29 is 13.2 Å². The highest BCUT2D eigenvalue weighted by Crippen LogP contribution is 2.30. The predicted octanol–water partition coefficient (Wildman–Crippen LogP) is 4.40. The average Bonchev–Trinajstić information content (AvgIpc) is 2.74. The number of hydrogen-bond acceptors (Lipinski definition) is 3. The first-order chi connectivity index (χ1) is 14.3. The topological polar surface area (TPSA) is 66.5 Å². The Kier molecular flexibility index (Phi) is 5.64. The van der Waals surface area contributed by atoms with E-state index >= 15 is 0 Å². The van der Waals surface area contributed by atoms with Crippen LogP contribution in [0.5, 0.6) is 0 Å². The molecule has 0 fully saturated rings. The fraction of sp³-hybridized carbons (Fsp3) is 0.174. The van der Waals surface area contributed by atoms with Crippen LogP contribution in [0, 0.1) is 6.92 Å². The number of halogens is 1. The Morgan fingerprint density at radius 3 is 2.27 bits per heavy atom. The van der Waals surface area contributed by atoms with Gasteiger partial charge in [-0.1, -0.05) is 53.6 Å². The number of carbonyl (C=O) groups excluding carboxylic acids is 1. The molecule has 0 aromatic heterocycles. The third-order valence-corrected chi connectivity index (χ3v) is 7.37. The number of amides is 1. The van der Waals surface area contributed by atoms with E-state index in [1.807, 2.05) is 31.2 Å². The highest BCUT2D eigenvalue weighted by molar-refractivity contribution is 7.89. The van der Waals surface area contributed by atoms with E-state index in [0.29, 0.717) is 17.1 Å². The zero-order valence-corrected chi connectivity index (χ0v) is 18.0. The van der Waals surface area contributed by atoms with E-state index in [1.165, 1.54) is 4.31 Å². The second-order valence-electron chi connectivity index (χ2n) is 7.35. The normalized spacial score (nSPS) is 16.7. The summed E-state index contributed by atoms with van der Waals surface area (Å²) in [6, 6.07) is 20.2. The molecule has 5 nitrogen and oxygen atoms in total. The Balaban J connectivity index is 1.70. The van der Waals surface area contributed by atoms with Crippen molar-refractivity contribution >= 4 is 33.2 Å². The van der Waals surface area contributed by atoms with Gasteiger partial charge >= 0.3 is 0 Å². The molecule has 1 N–H and O–H groups in total. The Hall–Kier alpha value is -2.67. The molecule has 3 aromatic carbocycles. The summed E-state index contributed by atoms with van der Waals surface area (Å²) in [6.07, 6.45) is 0.306. The van der Waals surface area contributed by atoms with E-state index in [4.69, 9.17) is 11.6 Å². The zero-order chi connectivity index (χ0) is 21.3. The number of aryl methyl sites for hydroxylation is 1. The monoisotopic (exact) mass is 440 g/mol. The second kappa shape index (κ2) is 8.22. The molecule has 0 saturated carbocycles. The van der Waals surface area contributed by atoms with Crippen molar-refractivity contribution in [2.45, 2.75) is 30.8 Å². The summed E-state index contributed by atoms with van der Waals surface area (Å²) in [5.74, 6) is -0.373. The van der Waals surface area contributed by atoms with Crippen molar-refractivity contribution in [3.8, 4) is 0 Å². The van der Waals surface area contributed by atoms with Crippen LogP contribution in [0.25, 0.3) is 0 Å². The van der Waals surface area contributed by atoms with Crippen molar-refractivity contribution in [1.29, 1.82) is 0 Å². The average molecular weight is 441 g/mol. The third-order valence-electron chi connectivity index (χ3n) is 5.25. The quantitative estimate of drug-likeness (QED) is 0.653. The molecule has 1 aliphatic heterocycles. The fourth-order valence-corrected chi connectivity index (χ4v) is 5.27. The fourth-order valence-electron chi connectivity index (χ4n) is 3.58. The van der Waals surface area contributed by atoms with Crippen LogP contribution in [-0.4, -0.2) is 24.7 Å². The molecule has 0 bridgehead atoms. The molecule has 1 heterocycles. The Morgan fingerprint density at radius 1 is 0.967 bits per heavy atom. The highest BCUT2D eigenvalue weighted by Gasteiger charge is 2.39. The molecule has 0 radical (unpaired) electrons. The number of benzene rings is 3. The summed E-state index contributed by atoms with van der Waals surface area (Å²) in [6.45, 7) is 2.04. The lowest BCUT2D eigenvalue weighted by atomic mass is 9.95. The number of anilines is 1. The lowest BCUT2D eigenvalue weighted by molar-refractivity contribution is -0.120. The molecule has 3 aromatic rings. The summed E-state index contributed by atoms with van der Waals surface area (Å²) in [5.41, 5.74) is 3.42. The number of carbonyl (C=O) groups is 1. The van der Waals surface area contributed by atoms with Gasteiger partial charge in [-0.25, -0.2) is 8.42 Å². The maximum Gasteiger partial charge on any atom is 0.244 e. The number of sulfonamides is 1. The van der Waals surface area contributed by atoms with Crippen LogP contribution in [0.15, 0.2) is 77.7 Å². The van der Waals surface area contributed by atoms with Crippen molar-refractivity contribution in [3.05, 3.63) is 94.5 Å². The Morgan fingerprint density at radius 2 is 1.60 bits per heavy atom. The molecule has 0 spiro atoms. The van der Waals surface area contributed by atoms with Crippen LogP contribution in [-0.2, 0) is 27.8 Å². The predicted molar refractivity (Wildman–Crippen MR) is 118 cm³/mol. The van der Waals surface area contributed by atoms with E-state index < -0.39 is 16.1 Å². The van der Waals surface area contributed by atoms with E-state index in [1.54, 1.807) is 48.5 Å². The minimum absolute atomic E-state index is 0.144. The number of nitrogens with one attached hydrogen (secondary N) is 1. The van der Waals surface area contributed by atoms with Gasteiger partial charge in [0.05, 0.1) is 4.90 Å². The van der Waals surface area contributed by atoms with Gasteiger partial charge in [0.25, 0.3) is 0 Å². The first-order valence-electron chi connectivity index (χ1n) is 9.56. The van der Waals surface area contributed by atoms with Gasteiger partial charge in [-0.15, -0.1) is 0 Å². The molecular weight excluding hydrogens is 420 g/mol. The second-order valence-corrected chi connectivity index (χ2v) is 9.68. The molecule has 30 heavy (non-hydrogen) atoms. The van der Waals surface area contributed by atoms with E-state index in [-0.39, 0.29) is 17.3 Å². The minimum atomic E-state index is -3.86. The van der Waals surface area contributed by atoms with Gasteiger partial charge in [-0.3, -0.25) is 4.79 Å². The number of nitrogens with zero attached hydrogens (tertiary/aromatic N) is 1. The molecule has 4 rings (SSSR count). The standard InChI is InChI=1S/C23H21ClN2O3S/c1-16-6-12-21(13-7-16)30(28,29)26-15-18-5-3-2-4-17(18)14-22(26)23(27)25-20-10-8-19(24)9-11-20/h2-13,22H,14-15H2,1H3,(H,25,27). The van der Waals surface area contributed by atoms with E-state index in [9.17, 15) is 13.2 Å². The molecule has 0 aliphatic carbocycles. The van der Waals surface area contributed by atoms with Crippen LogP contribution in [0.2, 0.25) is 5.02 Å². The van der Waals surface area contributed by atoms with Gasteiger partial charge in [0.15, 0.2) is 0 Å². The maximum atomic E-state index is 13.4. The van der Waals surface area contributed by atoms with Gasteiger partial charge in [-0.05, 0) is 60.9 Å². The maximum absolute atomic E-state index is 13.4. The molecule has 1 unspecified atom stereocenters. The molecule has 7 heteroatoms. The van der Waals surface area contributed by atoms with Crippen LogP contribution in [0.4, 0.5) is 5.69 Å². The van der Waals surface area contributed by atoms with E-state index in [2.05, 4.69) is 5.32 Å². The molecule has 1 amide bonds. The number of rotatable bonds is 4. The summed E-state index contributed by atoms with van der Waals surface area (Å²) >= 11 is 5.91. The summed E-state index contributed by atoms with van der Waals surface area (Å²) in [4.78, 5) is 13.3. The van der Waals surface area contributed by atoms with Gasteiger partial charge in [0.1, 0.15) is 6.04 Å². The summed E-state index contributed by atoms with van der Waals surface area (Å²) < 4.78 is 28.2. The Bertz CT molecular complexity index is 1180. The first-order valence-corrected chi connectivity index (χ1v) is 11.4. The lowest BCUT2D eigenvalue weighted by Gasteiger charge is -2.35. The SMILES string of the molecule is Cc1ccc(S(=O)(=O)N2Cc3ccccc3CC2C(=O)Nc2ccc(Cl)cc2)cc1. The molecular formula is C23H21ClN2O3S. The number of fused-ring (bicyclic) bond motifs is 1. The third kappa shape index (κ3) is 4.12. The minimum Gasteiger partial charge on any atom is -0.325 e. The Labute approximate surface area is 181 Å². The first kappa shape index (κ1) is 20.6. The van der Waals surface area contributed by atoms with Gasteiger partial charge in [-0.2, -0.15) is 4.31 Å². The van der Waals surface area contributed by atoms with Crippen molar-refractivity contribution in [2.24, 2.45) is 0 Å². The highest BCUT2D eigenvalue weighted by atomic mass is 35.5. The zero-order valence-electron chi connectivity index (χ0n) is 16.4. The molecule has 1 atom stereocenters. The van der Waals surface area contributed by atoms with Crippen LogP contribution < -0.4 is 5.32 Å². The van der Waals surface area contributed by atoms with Gasteiger partial charge in [0, 0.05) is 17.3 Å². The van der Waals surface area contributed by atoms with Crippen LogP contribution in [0.3, 0.4) is 0 Å². The molecule has 1 aliphatic rings.